The van der Waals surface area contributed by atoms with E-state index >= 15 is 0 Å². The van der Waals surface area contributed by atoms with Crippen LogP contribution in [0.5, 0.6) is 0 Å². The molecule has 1 rings (SSSR count). The fourth-order valence-corrected chi connectivity index (χ4v) is 2.76. The van der Waals surface area contributed by atoms with Crippen molar-refractivity contribution in [3.05, 3.63) is 24.3 Å². The van der Waals surface area contributed by atoms with Crippen LogP contribution in [0.2, 0.25) is 0 Å². The number of carbonyl (C=O) groups excluding carboxylic acids is 4. The molecule has 182 valence electrons. The Morgan fingerprint density at radius 1 is 1.00 bits per heavy atom. The predicted octanol–water partition coefficient (Wildman–Crippen LogP) is 2.55. The van der Waals surface area contributed by atoms with Crippen molar-refractivity contribution in [2.45, 2.75) is 52.4 Å². The van der Waals surface area contributed by atoms with Crippen LogP contribution in [-0.4, -0.2) is 65.2 Å². The van der Waals surface area contributed by atoms with E-state index in [0.29, 0.717) is 5.69 Å². The highest BCUT2D eigenvalue weighted by Crippen LogP contribution is 2.22. The van der Waals surface area contributed by atoms with E-state index in [0.717, 1.165) is 18.7 Å². The molecule has 0 aliphatic carbocycles. The number of ether oxygens (including phenoxy) is 3. The molecular weight excluding hydrogens is 460 g/mol. The van der Waals surface area contributed by atoms with Gasteiger partial charge in [-0.05, 0) is 45.0 Å². The summed E-state index contributed by atoms with van der Waals surface area (Å²) in [5.74, 6) is -4.61. The number of rotatable bonds is 9. The second-order valence-corrected chi connectivity index (χ2v) is 8.13. The van der Waals surface area contributed by atoms with Crippen molar-refractivity contribution in [1.29, 1.82) is 0 Å². The number of alkyl halides is 1. The zero-order chi connectivity index (χ0) is 25.3. The van der Waals surface area contributed by atoms with Gasteiger partial charge < -0.3 is 24.2 Å². The molecule has 1 aromatic carbocycles. The molecule has 2 atom stereocenters. The maximum absolute atomic E-state index is 13.2. The molecule has 33 heavy (non-hydrogen) atoms. The highest BCUT2D eigenvalue weighted by atomic mass is 35.5. The number of anilines is 2. The average Bonchev–Trinajstić information content (AvgIpc) is 2.67. The maximum atomic E-state index is 13.2. The van der Waals surface area contributed by atoms with Crippen molar-refractivity contribution in [3.63, 3.8) is 0 Å². The standard InChI is InChI=1S/C21H27ClN2O9/c1-12(25)31-16(17(19(28)29)32-13(2)26)18(27)24(11-10-22)15-8-6-14(7-9-15)23-20(30)33-21(3,4)5/h6-9,16-17H,10-11H2,1-5H3,(H,23,30)(H,28,29)/t16-,17-/m1/s1. The Labute approximate surface area is 195 Å². The Bertz CT molecular complexity index is 881. The number of carbonyl (C=O) groups is 5. The van der Waals surface area contributed by atoms with Gasteiger partial charge in [-0.3, -0.25) is 19.7 Å². The van der Waals surface area contributed by atoms with Crippen LogP contribution in [0.25, 0.3) is 0 Å². The van der Waals surface area contributed by atoms with Crippen LogP contribution in [0, 0.1) is 0 Å². The van der Waals surface area contributed by atoms with Crippen molar-refractivity contribution >= 4 is 52.9 Å². The second-order valence-electron chi connectivity index (χ2n) is 7.75. The molecule has 0 unspecified atom stereocenters. The monoisotopic (exact) mass is 486 g/mol. The lowest BCUT2D eigenvalue weighted by Crippen LogP contribution is -2.52. The summed E-state index contributed by atoms with van der Waals surface area (Å²) < 4.78 is 14.8. The molecule has 0 saturated heterocycles. The molecule has 0 saturated carbocycles. The van der Waals surface area contributed by atoms with Gasteiger partial charge in [-0.15, -0.1) is 11.6 Å². The largest absolute Gasteiger partial charge is 0.478 e. The van der Waals surface area contributed by atoms with Crippen molar-refractivity contribution in [2.24, 2.45) is 0 Å². The molecule has 0 spiro atoms. The quantitative estimate of drug-likeness (QED) is 0.305. The Hall–Kier alpha value is -3.34. The number of esters is 2. The topological polar surface area (TPSA) is 149 Å². The van der Waals surface area contributed by atoms with E-state index in [1.54, 1.807) is 20.8 Å². The fraction of sp³-hybridized carbons (Fsp3) is 0.476. The molecule has 1 aromatic rings. The minimum Gasteiger partial charge on any atom is -0.478 e. The highest BCUT2D eigenvalue weighted by Gasteiger charge is 2.42. The lowest BCUT2D eigenvalue weighted by molar-refractivity contribution is -0.180. The van der Waals surface area contributed by atoms with Crippen LogP contribution in [-0.2, 0) is 33.4 Å². The third kappa shape index (κ3) is 9.36. The lowest BCUT2D eigenvalue weighted by atomic mass is 10.1. The van der Waals surface area contributed by atoms with Gasteiger partial charge in [0, 0.05) is 37.6 Å². The smallest absolute Gasteiger partial charge is 0.412 e. The molecule has 0 aliphatic rings. The number of aliphatic carboxylic acids is 1. The lowest BCUT2D eigenvalue weighted by Gasteiger charge is -2.29. The molecule has 12 heteroatoms. The zero-order valence-electron chi connectivity index (χ0n) is 18.9. The zero-order valence-corrected chi connectivity index (χ0v) is 19.7. The Morgan fingerprint density at radius 2 is 1.52 bits per heavy atom. The molecule has 0 fully saturated rings. The third-order valence-corrected chi connectivity index (χ3v) is 3.92. The first-order valence-corrected chi connectivity index (χ1v) is 10.3. The normalized spacial score (nSPS) is 12.7. The van der Waals surface area contributed by atoms with E-state index in [4.69, 9.17) is 25.8 Å². The minimum absolute atomic E-state index is 0.0399. The van der Waals surface area contributed by atoms with Crippen molar-refractivity contribution in [3.8, 4) is 0 Å². The summed E-state index contributed by atoms with van der Waals surface area (Å²) in [6.45, 7) is 7.00. The van der Waals surface area contributed by atoms with E-state index in [1.807, 2.05) is 0 Å². The van der Waals surface area contributed by atoms with E-state index < -0.39 is 47.7 Å². The molecular formula is C21H27ClN2O9. The number of hydrogen-bond donors (Lipinski definition) is 2. The average molecular weight is 487 g/mol. The van der Waals surface area contributed by atoms with Gasteiger partial charge in [-0.2, -0.15) is 0 Å². The number of halogens is 1. The van der Waals surface area contributed by atoms with Gasteiger partial charge in [0.25, 0.3) is 5.91 Å². The molecule has 2 N–H and O–H groups in total. The van der Waals surface area contributed by atoms with E-state index in [2.05, 4.69) is 5.32 Å². The number of carboxylic acid groups (broad SMARTS) is 1. The third-order valence-electron chi connectivity index (χ3n) is 3.75. The van der Waals surface area contributed by atoms with Gasteiger partial charge in [0.2, 0.25) is 12.2 Å². The number of nitrogens with zero attached hydrogens (tertiary/aromatic N) is 1. The van der Waals surface area contributed by atoms with Crippen LogP contribution >= 0.6 is 11.6 Å². The van der Waals surface area contributed by atoms with Crippen LogP contribution in [0.4, 0.5) is 16.2 Å². The summed E-state index contributed by atoms with van der Waals surface area (Å²) in [5, 5.41) is 12.0. The molecule has 2 amide bonds. The summed E-state index contributed by atoms with van der Waals surface area (Å²) in [6, 6.07) is 5.89. The van der Waals surface area contributed by atoms with Gasteiger partial charge >= 0.3 is 24.0 Å². The van der Waals surface area contributed by atoms with E-state index in [-0.39, 0.29) is 18.1 Å². The SMILES string of the molecule is CC(=O)O[C@@H](C(=O)O)[C@@H](OC(C)=O)C(=O)N(CCCl)c1ccc(NC(=O)OC(C)(C)C)cc1. The molecule has 0 bridgehead atoms. The van der Waals surface area contributed by atoms with Crippen molar-refractivity contribution < 1.29 is 43.3 Å². The number of hydrogen-bond acceptors (Lipinski definition) is 8. The van der Waals surface area contributed by atoms with Gasteiger partial charge in [0.1, 0.15) is 5.60 Å². The first-order valence-electron chi connectivity index (χ1n) is 9.79. The first-order chi connectivity index (χ1) is 15.2. The van der Waals surface area contributed by atoms with Crippen molar-refractivity contribution in [2.75, 3.05) is 22.6 Å². The maximum Gasteiger partial charge on any atom is 0.412 e. The Kier molecular flexibility index (Phi) is 10.1. The van der Waals surface area contributed by atoms with E-state index in [1.165, 1.54) is 24.3 Å². The molecule has 0 aromatic heterocycles. The van der Waals surface area contributed by atoms with Crippen LogP contribution in [0.1, 0.15) is 34.6 Å². The summed E-state index contributed by atoms with van der Waals surface area (Å²) in [7, 11) is 0. The summed E-state index contributed by atoms with van der Waals surface area (Å²) in [6.07, 6.45) is -4.69. The van der Waals surface area contributed by atoms with Crippen molar-refractivity contribution in [1.82, 2.24) is 0 Å². The van der Waals surface area contributed by atoms with Gasteiger partial charge in [0.05, 0.1) is 0 Å². The van der Waals surface area contributed by atoms with Gasteiger partial charge in [-0.25, -0.2) is 9.59 Å². The Morgan fingerprint density at radius 3 is 1.94 bits per heavy atom. The van der Waals surface area contributed by atoms with Gasteiger partial charge in [-0.1, -0.05) is 0 Å². The highest BCUT2D eigenvalue weighted by molar-refractivity contribution is 6.18. The van der Waals surface area contributed by atoms with E-state index in [9.17, 15) is 29.1 Å². The summed E-state index contributed by atoms with van der Waals surface area (Å²) in [5.41, 5.74) is -0.0623. The Balaban J connectivity index is 3.20. The van der Waals surface area contributed by atoms with Crippen LogP contribution < -0.4 is 10.2 Å². The molecule has 11 nitrogen and oxygen atoms in total. The molecule has 0 aliphatic heterocycles. The second kappa shape index (κ2) is 12.0. The van der Waals surface area contributed by atoms with Crippen LogP contribution in [0.3, 0.4) is 0 Å². The molecule has 0 radical (unpaired) electrons. The van der Waals surface area contributed by atoms with Crippen LogP contribution in [0.15, 0.2) is 24.3 Å². The molecule has 0 heterocycles. The summed E-state index contributed by atoms with van der Waals surface area (Å²) in [4.78, 5) is 60.6. The number of amides is 2. The summed E-state index contributed by atoms with van der Waals surface area (Å²) >= 11 is 5.81. The number of nitrogens with one attached hydrogen (secondary N) is 1. The van der Waals surface area contributed by atoms with Gasteiger partial charge in [0.15, 0.2) is 0 Å². The minimum atomic E-state index is -2.06. The predicted molar refractivity (Wildman–Crippen MR) is 118 cm³/mol. The number of benzene rings is 1. The number of carboxylic acids is 1. The fourth-order valence-electron chi connectivity index (χ4n) is 2.59. The first kappa shape index (κ1) is 27.7.